The van der Waals surface area contributed by atoms with Crippen LogP contribution in [0.15, 0.2) is 18.2 Å². The van der Waals surface area contributed by atoms with Crippen LogP contribution in [0, 0.1) is 5.92 Å². The fraction of sp³-hybridized carbons (Fsp3) is 0.533. The average molecular weight is 317 g/mol. The van der Waals surface area contributed by atoms with E-state index >= 15 is 0 Å². The minimum atomic E-state index is -4.49. The molecule has 0 heterocycles. The van der Waals surface area contributed by atoms with Gasteiger partial charge in [0.25, 0.3) is 0 Å². The summed E-state index contributed by atoms with van der Waals surface area (Å²) in [4.78, 5) is 12.2. The summed E-state index contributed by atoms with van der Waals surface area (Å²) in [6.07, 6.45) is -2.79. The maximum absolute atomic E-state index is 12.8. The number of benzene rings is 1. The SMILES string of the molecule is COc1ccc(C(F)(F)F)cc1NC(=O)C1CCC(O)CC1. The molecule has 122 valence electrons. The predicted octanol–water partition coefficient (Wildman–Crippen LogP) is 3.20. The molecule has 2 N–H and O–H groups in total. The molecule has 0 bridgehead atoms. The van der Waals surface area contributed by atoms with Crippen molar-refractivity contribution in [2.75, 3.05) is 12.4 Å². The highest BCUT2D eigenvalue weighted by Crippen LogP contribution is 2.35. The van der Waals surface area contributed by atoms with Crippen LogP contribution in [0.1, 0.15) is 31.2 Å². The average Bonchev–Trinajstić information content (AvgIpc) is 2.46. The highest BCUT2D eigenvalue weighted by molar-refractivity contribution is 5.94. The van der Waals surface area contributed by atoms with Crippen molar-refractivity contribution in [2.45, 2.75) is 38.0 Å². The van der Waals surface area contributed by atoms with Crippen molar-refractivity contribution in [3.05, 3.63) is 23.8 Å². The van der Waals surface area contributed by atoms with E-state index in [0.29, 0.717) is 25.7 Å². The molecule has 2 rings (SSSR count). The molecule has 1 amide bonds. The molecule has 0 aliphatic heterocycles. The largest absolute Gasteiger partial charge is 0.495 e. The van der Waals surface area contributed by atoms with Crippen LogP contribution in [-0.2, 0) is 11.0 Å². The summed E-state index contributed by atoms with van der Waals surface area (Å²) in [5, 5.41) is 11.9. The van der Waals surface area contributed by atoms with Crippen molar-refractivity contribution >= 4 is 11.6 Å². The van der Waals surface area contributed by atoms with Crippen molar-refractivity contribution < 1.29 is 27.8 Å². The fourth-order valence-electron chi connectivity index (χ4n) is 2.55. The molecular weight excluding hydrogens is 299 g/mol. The molecule has 22 heavy (non-hydrogen) atoms. The van der Waals surface area contributed by atoms with Gasteiger partial charge in [0, 0.05) is 5.92 Å². The molecule has 1 aromatic carbocycles. The number of rotatable bonds is 3. The third-order valence-corrected chi connectivity index (χ3v) is 3.85. The van der Waals surface area contributed by atoms with Crippen LogP contribution < -0.4 is 10.1 Å². The van der Waals surface area contributed by atoms with E-state index in [2.05, 4.69) is 5.32 Å². The number of carbonyl (C=O) groups is 1. The highest BCUT2D eigenvalue weighted by Gasteiger charge is 2.32. The highest BCUT2D eigenvalue weighted by atomic mass is 19.4. The van der Waals surface area contributed by atoms with E-state index in [-0.39, 0.29) is 23.3 Å². The van der Waals surface area contributed by atoms with Crippen LogP contribution in [0.5, 0.6) is 5.75 Å². The molecule has 1 fully saturated rings. The number of halogens is 3. The van der Waals surface area contributed by atoms with E-state index in [9.17, 15) is 23.1 Å². The second-order valence-corrected chi connectivity index (χ2v) is 5.41. The first-order valence-corrected chi connectivity index (χ1v) is 7.05. The van der Waals surface area contributed by atoms with Gasteiger partial charge in [-0.1, -0.05) is 0 Å². The summed E-state index contributed by atoms with van der Waals surface area (Å²) in [5.74, 6) is -0.468. The van der Waals surface area contributed by atoms with Crippen LogP contribution in [-0.4, -0.2) is 24.2 Å². The lowest BCUT2D eigenvalue weighted by atomic mass is 9.87. The van der Waals surface area contributed by atoms with Gasteiger partial charge < -0.3 is 15.2 Å². The van der Waals surface area contributed by atoms with Crippen LogP contribution in [0.4, 0.5) is 18.9 Å². The van der Waals surface area contributed by atoms with E-state index in [1.54, 1.807) is 0 Å². The zero-order valence-electron chi connectivity index (χ0n) is 12.1. The number of alkyl halides is 3. The molecule has 0 saturated heterocycles. The Kier molecular flexibility index (Phi) is 4.95. The lowest BCUT2D eigenvalue weighted by Crippen LogP contribution is -2.29. The standard InChI is InChI=1S/C15H18F3NO3/c1-22-13-7-4-10(15(16,17)18)8-12(13)19-14(21)9-2-5-11(20)6-3-9/h4,7-9,11,20H,2-3,5-6H2,1H3,(H,19,21). The lowest BCUT2D eigenvalue weighted by Gasteiger charge is -2.25. The lowest BCUT2D eigenvalue weighted by molar-refractivity contribution is -0.137. The second kappa shape index (κ2) is 6.56. The Bertz CT molecular complexity index is 537. The van der Waals surface area contributed by atoms with E-state index in [1.807, 2.05) is 0 Å². The first-order chi connectivity index (χ1) is 10.3. The minimum Gasteiger partial charge on any atom is -0.495 e. The van der Waals surface area contributed by atoms with Crippen molar-refractivity contribution in [3.63, 3.8) is 0 Å². The van der Waals surface area contributed by atoms with Gasteiger partial charge in [-0.3, -0.25) is 4.79 Å². The Hall–Kier alpha value is -1.76. The first-order valence-electron chi connectivity index (χ1n) is 7.05. The normalized spacial score (nSPS) is 22.2. The number of methoxy groups -OCH3 is 1. The first kappa shape index (κ1) is 16.6. The third-order valence-electron chi connectivity index (χ3n) is 3.85. The summed E-state index contributed by atoms with van der Waals surface area (Å²) in [6, 6.07) is 2.96. The van der Waals surface area contributed by atoms with Crippen molar-refractivity contribution in [2.24, 2.45) is 5.92 Å². The molecule has 1 aliphatic carbocycles. The Balaban J connectivity index is 2.15. The number of amides is 1. The molecule has 0 atom stereocenters. The monoisotopic (exact) mass is 317 g/mol. The van der Waals surface area contributed by atoms with Gasteiger partial charge in [-0.05, 0) is 43.9 Å². The number of hydrogen-bond acceptors (Lipinski definition) is 3. The van der Waals surface area contributed by atoms with Crippen molar-refractivity contribution in [1.29, 1.82) is 0 Å². The molecule has 7 heteroatoms. The van der Waals surface area contributed by atoms with Gasteiger partial charge in [-0.2, -0.15) is 13.2 Å². The Morgan fingerprint density at radius 2 is 1.91 bits per heavy atom. The van der Waals surface area contributed by atoms with E-state index in [0.717, 1.165) is 12.1 Å². The van der Waals surface area contributed by atoms with Gasteiger partial charge in [0.05, 0.1) is 24.5 Å². The predicted molar refractivity (Wildman–Crippen MR) is 74.6 cm³/mol. The van der Waals surface area contributed by atoms with Gasteiger partial charge in [0.1, 0.15) is 5.75 Å². The molecule has 0 spiro atoms. The van der Waals surface area contributed by atoms with E-state index in [1.165, 1.54) is 13.2 Å². The van der Waals surface area contributed by atoms with Crippen molar-refractivity contribution in [3.8, 4) is 5.75 Å². The quantitative estimate of drug-likeness (QED) is 0.900. The summed E-state index contributed by atoms with van der Waals surface area (Å²) in [7, 11) is 1.33. The van der Waals surface area contributed by atoms with Crippen LogP contribution >= 0.6 is 0 Å². The summed E-state index contributed by atoms with van der Waals surface area (Å²) >= 11 is 0. The maximum Gasteiger partial charge on any atom is 0.416 e. The fourth-order valence-corrected chi connectivity index (χ4v) is 2.55. The zero-order chi connectivity index (χ0) is 16.3. The Labute approximate surface area is 126 Å². The number of ether oxygens (including phenoxy) is 1. The van der Waals surface area contributed by atoms with Gasteiger partial charge in [0.2, 0.25) is 5.91 Å². The van der Waals surface area contributed by atoms with Gasteiger partial charge in [-0.25, -0.2) is 0 Å². The van der Waals surface area contributed by atoms with Gasteiger partial charge in [0.15, 0.2) is 0 Å². The van der Waals surface area contributed by atoms with Crippen LogP contribution in [0.3, 0.4) is 0 Å². The molecule has 0 radical (unpaired) electrons. The Morgan fingerprint density at radius 3 is 2.45 bits per heavy atom. The van der Waals surface area contributed by atoms with Crippen LogP contribution in [0.25, 0.3) is 0 Å². The van der Waals surface area contributed by atoms with Gasteiger partial charge >= 0.3 is 6.18 Å². The smallest absolute Gasteiger partial charge is 0.416 e. The maximum atomic E-state index is 12.8. The third kappa shape index (κ3) is 3.91. The number of hydrogen-bond donors (Lipinski definition) is 2. The van der Waals surface area contributed by atoms with Gasteiger partial charge in [-0.15, -0.1) is 0 Å². The Morgan fingerprint density at radius 1 is 1.27 bits per heavy atom. The number of nitrogens with one attached hydrogen (secondary N) is 1. The summed E-state index contributed by atoms with van der Waals surface area (Å²) < 4.78 is 43.3. The molecule has 1 saturated carbocycles. The van der Waals surface area contributed by atoms with E-state index < -0.39 is 17.8 Å². The summed E-state index contributed by atoms with van der Waals surface area (Å²) in [6.45, 7) is 0. The second-order valence-electron chi connectivity index (χ2n) is 5.41. The van der Waals surface area contributed by atoms with E-state index in [4.69, 9.17) is 4.74 Å². The number of carbonyl (C=O) groups excluding carboxylic acids is 1. The molecular formula is C15H18F3NO3. The molecule has 4 nitrogen and oxygen atoms in total. The number of aliphatic hydroxyl groups excluding tert-OH is 1. The number of aliphatic hydroxyl groups is 1. The molecule has 0 unspecified atom stereocenters. The topological polar surface area (TPSA) is 58.6 Å². The number of anilines is 1. The summed E-state index contributed by atoms with van der Waals surface area (Å²) in [5.41, 5.74) is -0.837. The molecule has 1 aromatic rings. The van der Waals surface area contributed by atoms with Crippen LogP contribution in [0.2, 0.25) is 0 Å². The zero-order valence-corrected chi connectivity index (χ0v) is 12.1. The molecule has 1 aliphatic rings. The minimum absolute atomic E-state index is 0.00782. The molecule has 0 aromatic heterocycles. The van der Waals surface area contributed by atoms with Crippen molar-refractivity contribution in [1.82, 2.24) is 0 Å².